The number of nitrogens with one attached hydrogen (secondary N) is 1. The Morgan fingerprint density at radius 2 is 1.74 bits per heavy atom. The van der Waals surface area contributed by atoms with E-state index in [0.717, 1.165) is 5.70 Å². The van der Waals surface area contributed by atoms with Gasteiger partial charge in [-0.2, -0.15) is 0 Å². The number of carbonyl (C=O) groups excluding carboxylic acids is 1. The topological polar surface area (TPSA) is 47.6 Å². The summed E-state index contributed by atoms with van der Waals surface area (Å²) in [6.07, 6.45) is 3.67. The van der Waals surface area contributed by atoms with Gasteiger partial charge < -0.3 is 0 Å². The Morgan fingerprint density at radius 1 is 1.21 bits per heavy atom. The predicted molar refractivity (Wildman–Crippen MR) is 73.2 cm³/mol. The van der Waals surface area contributed by atoms with Gasteiger partial charge in [0.25, 0.3) is 0 Å². The van der Waals surface area contributed by atoms with Crippen molar-refractivity contribution >= 4 is 17.4 Å². The van der Waals surface area contributed by atoms with Crippen LogP contribution in [0.15, 0.2) is 23.8 Å². The van der Waals surface area contributed by atoms with Gasteiger partial charge in [-0.3, -0.25) is 0 Å². The molecule has 6 heteroatoms. The van der Waals surface area contributed by atoms with Crippen LogP contribution in [-0.2, 0) is 33.5 Å². The minimum absolute atomic E-state index is 0.0761. The van der Waals surface area contributed by atoms with Gasteiger partial charge in [0.15, 0.2) is 0 Å². The van der Waals surface area contributed by atoms with Gasteiger partial charge in [0.2, 0.25) is 0 Å². The summed E-state index contributed by atoms with van der Waals surface area (Å²) < 4.78 is 13.6. The van der Waals surface area contributed by atoms with Crippen LogP contribution in [0.4, 0.5) is 0 Å². The molecule has 1 saturated heterocycles. The van der Waals surface area contributed by atoms with E-state index in [1.54, 1.807) is 0 Å². The summed E-state index contributed by atoms with van der Waals surface area (Å²) in [5, 5.41) is 2.74. The number of allylic oxidation sites excluding steroid dienone is 3. The monoisotopic (exact) mass is 433 g/mol. The standard InChI is InChI=1S/C13H20BNO3.W/c1-10(15-11(2)16)8-7-9-14-17-12(3,4)13(5,6)18-14;/h1,7-9H,2-6H3,(H,15,16);/b9-7?,10-8+;. The van der Waals surface area contributed by atoms with E-state index in [0.29, 0.717) is 0 Å². The van der Waals surface area contributed by atoms with Gasteiger partial charge in [0.05, 0.1) is 0 Å². The van der Waals surface area contributed by atoms with Crippen molar-refractivity contribution in [3.05, 3.63) is 23.8 Å². The third-order valence-corrected chi connectivity index (χ3v) is 4.18. The molecule has 104 valence electrons. The number of amides is 1. The van der Waals surface area contributed by atoms with E-state index < -0.39 is 0 Å². The predicted octanol–water partition coefficient (Wildman–Crippen LogP) is 1.54. The number of carbonyl (C=O) groups is 1. The summed E-state index contributed by atoms with van der Waals surface area (Å²) in [5.41, 5.74) is 0.135. The second-order valence-electron chi connectivity index (χ2n) is 5.43. The Labute approximate surface area is 126 Å². The van der Waals surface area contributed by atoms with E-state index in [1.165, 1.54) is 26.3 Å². The van der Waals surface area contributed by atoms with Crippen LogP contribution in [0.25, 0.3) is 0 Å². The number of rotatable bonds is 4. The van der Waals surface area contributed by atoms with Crippen molar-refractivity contribution in [2.24, 2.45) is 0 Å². The molecule has 0 bridgehead atoms. The maximum atomic E-state index is 11.0. The van der Waals surface area contributed by atoms with Crippen LogP contribution in [-0.4, -0.2) is 28.6 Å². The summed E-state index contributed by atoms with van der Waals surface area (Å²) in [5.74, 6) is 1.77. The first-order valence-corrected chi connectivity index (χ1v) is 7.84. The van der Waals surface area contributed by atoms with Gasteiger partial charge in [0.1, 0.15) is 0 Å². The molecule has 0 unspecified atom stereocenters. The summed E-state index contributed by atoms with van der Waals surface area (Å²) in [6.45, 7) is 9.56. The van der Waals surface area contributed by atoms with Crippen molar-refractivity contribution in [1.82, 2.24) is 5.32 Å². The average Bonchev–Trinajstić information content (AvgIpc) is 2.45. The third-order valence-electron chi connectivity index (χ3n) is 3.26. The van der Waals surface area contributed by atoms with Gasteiger partial charge >= 0.3 is 126 Å². The van der Waals surface area contributed by atoms with E-state index in [9.17, 15) is 4.79 Å². The zero-order valence-corrected chi connectivity index (χ0v) is 15.0. The van der Waals surface area contributed by atoms with Crippen molar-refractivity contribution in [1.29, 1.82) is 0 Å². The average molecular weight is 433 g/mol. The molecule has 1 heterocycles. The fraction of sp³-hybridized carbons (Fsp3) is 0.538. The molecule has 0 aromatic rings. The Balaban J connectivity index is 2.66. The van der Waals surface area contributed by atoms with Crippen LogP contribution in [0.1, 0.15) is 34.6 Å². The van der Waals surface area contributed by atoms with Crippen LogP contribution < -0.4 is 5.32 Å². The first-order valence-electron chi connectivity index (χ1n) is 6.15. The molecule has 0 aromatic carbocycles. The first-order chi connectivity index (χ1) is 8.68. The zero-order chi connectivity index (χ0) is 14.7. The molecule has 0 atom stereocenters. The molecule has 1 fully saturated rings. The van der Waals surface area contributed by atoms with Crippen molar-refractivity contribution in [3.8, 4) is 0 Å². The van der Waals surface area contributed by atoms with E-state index >= 15 is 0 Å². The van der Waals surface area contributed by atoms with Crippen LogP contribution in [0.5, 0.6) is 0 Å². The van der Waals surface area contributed by atoms with E-state index in [-0.39, 0.29) is 24.2 Å². The van der Waals surface area contributed by atoms with E-state index in [1.807, 2.05) is 50.2 Å². The van der Waals surface area contributed by atoms with Crippen molar-refractivity contribution in [2.45, 2.75) is 45.8 Å². The fourth-order valence-electron chi connectivity index (χ4n) is 1.53. The van der Waals surface area contributed by atoms with Crippen molar-refractivity contribution < 1.29 is 33.5 Å². The summed E-state index contributed by atoms with van der Waals surface area (Å²) in [4.78, 5) is 11.0. The molecule has 1 amide bonds. The van der Waals surface area contributed by atoms with Crippen LogP contribution in [0.3, 0.4) is 0 Å². The molecule has 1 aliphatic rings. The van der Waals surface area contributed by atoms with Crippen LogP contribution in [0, 0.1) is 0 Å². The quantitative estimate of drug-likeness (QED) is 0.541. The van der Waals surface area contributed by atoms with Gasteiger partial charge in [0, 0.05) is 0 Å². The second-order valence-corrected chi connectivity index (χ2v) is 6.28. The molecule has 0 spiro atoms. The van der Waals surface area contributed by atoms with Gasteiger partial charge in [-0.1, -0.05) is 0 Å². The van der Waals surface area contributed by atoms with Crippen molar-refractivity contribution in [2.75, 3.05) is 0 Å². The zero-order valence-electron chi connectivity index (χ0n) is 12.0. The molecule has 4 nitrogen and oxygen atoms in total. The molecular formula is C13H20BNO3W. The summed E-state index contributed by atoms with van der Waals surface area (Å²) in [6, 6.07) is 0. The van der Waals surface area contributed by atoms with E-state index in [4.69, 9.17) is 9.31 Å². The van der Waals surface area contributed by atoms with Crippen molar-refractivity contribution in [3.63, 3.8) is 0 Å². The van der Waals surface area contributed by atoms with Gasteiger partial charge in [-0.15, -0.1) is 0 Å². The molecule has 0 radical (unpaired) electrons. The molecule has 0 aromatic heterocycles. The number of hydrogen-bond acceptors (Lipinski definition) is 3. The molecule has 1 rings (SSSR count). The SMILES string of the molecule is CC(=O)N/C([CH]=[W])=C/C=CB1OC(C)(C)C(C)(C)O1. The third kappa shape index (κ3) is 4.52. The fourth-order valence-corrected chi connectivity index (χ4v) is 2.02. The number of hydrogen-bond donors (Lipinski definition) is 1. The molecule has 19 heavy (non-hydrogen) atoms. The van der Waals surface area contributed by atoms with E-state index in [2.05, 4.69) is 5.32 Å². The first kappa shape index (κ1) is 16.5. The summed E-state index contributed by atoms with van der Waals surface area (Å²) in [7, 11) is -0.357. The van der Waals surface area contributed by atoms with Crippen LogP contribution in [0.2, 0.25) is 0 Å². The minimum atomic E-state index is -0.357. The van der Waals surface area contributed by atoms with Gasteiger partial charge in [-0.25, -0.2) is 0 Å². The Morgan fingerprint density at radius 3 is 2.16 bits per heavy atom. The summed E-state index contributed by atoms with van der Waals surface area (Å²) >= 11 is 1.28. The molecule has 0 aliphatic carbocycles. The molecule has 0 saturated carbocycles. The molecule has 1 N–H and O–H groups in total. The second kappa shape index (κ2) is 6.30. The van der Waals surface area contributed by atoms with Crippen LogP contribution >= 0.6 is 0 Å². The normalized spacial score (nSPS) is 21.7. The Hall–Kier alpha value is -0.507. The Kier molecular flexibility index (Phi) is 5.48. The Bertz CT molecular complexity index is 414. The molecule has 1 aliphatic heterocycles. The molecular weight excluding hydrogens is 413 g/mol. The van der Waals surface area contributed by atoms with Gasteiger partial charge in [-0.05, 0) is 0 Å². The maximum absolute atomic E-state index is 11.0.